The van der Waals surface area contributed by atoms with E-state index < -0.39 is 0 Å². The topological polar surface area (TPSA) is 43.1 Å². The molecule has 2 rings (SSSR count). The van der Waals surface area contributed by atoms with Gasteiger partial charge >= 0.3 is 0 Å². The number of ketones is 1. The molecule has 0 fully saturated rings. The molecular formula is C10H7NO2. The van der Waals surface area contributed by atoms with Crippen molar-refractivity contribution in [1.29, 1.82) is 0 Å². The van der Waals surface area contributed by atoms with Crippen molar-refractivity contribution >= 4 is 5.78 Å². The highest BCUT2D eigenvalue weighted by atomic mass is 16.3. The van der Waals surface area contributed by atoms with Crippen LogP contribution in [0, 0.1) is 0 Å². The van der Waals surface area contributed by atoms with Crippen molar-refractivity contribution in [2.75, 3.05) is 0 Å². The van der Waals surface area contributed by atoms with Crippen LogP contribution < -0.4 is 0 Å². The molecule has 13 heavy (non-hydrogen) atoms. The highest BCUT2D eigenvalue weighted by molar-refractivity contribution is 6.06. The highest BCUT2D eigenvalue weighted by Crippen LogP contribution is 2.07. The normalized spacial score (nSPS) is 9.85. The van der Waals surface area contributed by atoms with Crippen LogP contribution in [0.15, 0.2) is 47.3 Å². The Labute approximate surface area is 75.0 Å². The summed E-state index contributed by atoms with van der Waals surface area (Å²) in [7, 11) is 0. The van der Waals surface area contributed by atoms with E-state index in [1.54, 1.807) is 12.1 Å². The van der Waals surface area contributed by atoms with Gasteiger partial charge in [-0.2, -0.15) is 0 Å². The van der Waals surface area contributed by atoms with Gasteiger partial charge in [-0.1, -0.05) is 30.3 Å². The number of hydrogen-bond acceptors (Lipinski definition) is 3. The molecule has 0 unspecified atom stereocenters. The second-order valence-corrected chi connectivity index (χ2v) is 2.56. The van der Waals surface area contributed by atoms with Crippen molar-refractivity contribution in [3.05, 3.63) is 54.2 Å². The predicted molar refractivity (Wildman–Crippen MR) is 46.4 cm³/mol. The van der Waals surface area contributed by atoms with Crippen LogP contribution in [0.2, 0.25) is 0 Å². The smallest absolute Gasteiger partial charge is 0.229 e. The number of carbonyl (C=O) groups excluding carboxylic acids is 1. The van der Waals surface area contributed by atoms with Crippen LogP contribution in [-0.4, -0.2) is 10.8 Å². The molecule has 0 atom stereocenters. The Balaban J connectivity index is 2.34. The summed E-state index contributed by atoms with van der Waals surface area (Å²) in [5.41, 5.74) is 0.610. The molecule has 64 valence electrons. The third kappa shape index (κ3) is 1.49. The summed E-state index contributed by atoms with van der Waals surface area (Å²) in [6.45, 7) is 0. The molecule has 0 amide bonds. The summed E-state index contributed by atoms with van der Waals surface area (Å²) in [5.74, 6) is 0.129. The highest BCUT2D eigenvalue weighted by Gasteiger charge is 2.10. The molecule has 0 aliphatic heterocycles. The van der Waals surface area contributed by atoms with E-state index in [2.05, 4.69) is 4.98 Å². The SMILES string of the molecule is O=C(c1ccccc1)c1cnco1. The van der Waals surface area contributed by atoms with E-state index in [1.807, 2.05) is 18.2 Å². The minimum absolute atomic E-state index is 0.141. The quantitative estimate of drug-likeness (QED) is 0.651. The molecule has 2 aromatic rings. The average Bonchev–Trinajstić information content (AvgIpc) is 2.71. The Morgan fingerprint density at radius 3 is 2.62 bits per heavy atom. The molecule has 1 heterocycles. The number of oxazole rings is 1. The molecule has 1 aromatic carbocycles. The van der Waals surface area contributed by atoms with Gasteiger partial charge in [-0.25, -0.2) is 4.98 Å². The Kier molecular flexibility index (Phi) is 1.92. The summed E-state index contributed by atoms with van der Waals surface area (Å²) in [5, 5.41) is 0. The molecule has 0 spiro atoms. The fourth-order valence-electron chi connectivity index (χ4n) is 1.06. The van der Waals surface area contributed by atoms with Crippen LogP contribution in [-0.2, 0) is 0 Å². The maximum absolute atomic E-state index is 11.6. The largest absolute Gasteiger partial charge is 0.440 e. The van der Waals surface area contributed by atoms with E-state index in [9.17, 15) is 4.79 Å². The first kappa shape index (κ1) is 7.73. The Morgan fingerprint density at radius 2 is 2.00 bits per heavy atom. The molecule has 0 saturated carbocycles. The van der Waals surface area contributed by atoms with Gasteiger partial charge in [0.05, 0.1) is 6.20 Å². The fraction of sp³-hybridized carbons (Fsp3) is 0. The van der Waals surface area contributed by atoms with Gasteiger partial charge in [0.25, 0.3) is 0 Å². The minimum atomic E-state index is -0.141. The number of nitrogens with zero attached hydrogens (tertiary/aromatic N) is 1. The minimum Gasteiger partial charge on any atom is -0.440 e. The second kappa shape index (κ2) is 3.23. The molecule has 0 radical (unpaired) electrons. The van der Waals surface area contributed by atoms with Crippen LogP contribution in [0.5, 0.6) is 0 Å². The molecule has 0 saturated heterocycles. The molecule has 3 nitrogen and oxygen atoms in total. The molecule has 1 aromatic heterocycles. The molecule has 0 bridgehead atoms. The summed E-state index contributed by atoms with van der Waals surface area (Å²) in [4.78, 5) is 15.3. The zero-order valence-electron chi connectivity index (χ0n) is 6.81. The van der Waals surface area contributed by atoms with Crippen molar-refractivity contribution < 1.29 is 9.21 Å². The van der Waals surface area contributed by atoms with Crippen LogP contribution in [0.4, 0.5) is 0 Å². The lowest BCUT2D eigenvalue weighted by atomic mass is 10.1. The zero-order valence-corrected chi connectivity index (χ0v) is 6.81. The van der Waals surface area contributed by atoms with Gasteiger partial charge in [0.2, 0.25) is 5.78 Å². The van der Waals surface area contributed by atoms with Gasteiger partial charge in [-0.05, 0) is 0 Å². The molecule has 3 heteroatoms. The van der Waals surface area contributed by atoms with E-state index in [1.165, 1.54) is 12.6 Å². The summed E-state index contributed by atoms with van der Waals surface area (Å²) in [6, 6.07) is 8.96. The first-order chi connectivity index (χ1) is 6.38. The van der Waals surface area contributed by atoms with Crippen LogP contribution in [0.25, 0.3) is 0 Å². The lowest BCUT2D eigenvalue weighted by molar-refractivity contribution is 0.101. The van der Waals surface area contributed by atoms with Crippen molar-refractivity contribution in [3.8, 4) is 0 Å². The molecule has 0 aliphatic rings. The summed E-state index contributed by atoms with van der Waals surface area (Å²) < 4.78 is 4.89. The third-order valence-corrected chi connectivity index (χ3v) is 1.69. The molecular weight excluding hydrogens is 166 g/mol. The Hall–Kier alpha value is -1.90. The van der Waals surface area contributed by atoms with Crippen molar-refractivity contribution in [2.24, 2.45) is 0 Å². The van der Waals surface area contributed by atoms with Crippen molar-refractivity contribution in [1.82, 2.24) is 4.98 Å². The number of carbonyl (C=O) groups is 1. The van der Waals surface area contributed by atoms with E-state index in [4.69, 9.17) is 4.42 Å². The number of benzene rings is 1. The van der Waals surface area contributed by atoms with Gasteiger partial charge in [-0.3, -0.25) is 4.79 Å². The van der Waals surface area contributed by atoms with Crippen LogP contribution in [0.1, 0.15) is 16.1 Å². The fourth-order valence-corrected chi connectivity index (χ4v) is 1.06. The lowest BCUT2D eigenvalue weighted by Crippen LogP contribution is -1.98. The second-order valence-electron chi connectivity index (χ2n) is 2.56. The summed E-state index contributed by atoms with van der Waals surface area (Å²) in [6.07, 6.45) is 2.66. The van der Waals surface area contributed by atoms with Gasteiger partial charge < -0.3 is 4.42 Å². The maximum atomic E-state index is 11.6. The lowest BCUT2D eigenvalue weighted by Gasteiger charge is -1.94. The molecule has 0 N–H and O–H groups in total. The predicted octanol–water partition coefficient (Wildman–Crippen LogP) is 1.91. The molecule has 0 aliphatic carbocycles. The van der Waals surface area contributed by atoms with E-state index in [0.717, 1.165) is 0 Å². The van der Waals surface area contributed by atoms with Crippen LogP contribution in [0.3, 0.4) is 0 Å². The Morgan fingerprint density at radius 1 is 1.23 bits per heavy atom. The van der Waals surface area contributed by atoms with E-state index >= 15 is 0 Å². The third-order valence-electron chi connectivity index (χ3n) is 1.69. The monoisotopic (exact) mass is 173 g/mol. The van der Waals surface area contributed by atoms with E-state index in [-0.39, 0.29) is 11.5 Å². The number of aromatic nitrogens is 1. The number of rotatable bonds is 2. The standard InChI is InChI=1S/C10H7NO2/c12-10(9-6-11-7-13-9)8-4-2-1-3-5-8/h1-7H. The van der Waals surface area contributed by atoms with Gasteiger partial charge in [0.15, 0.2) is 12.2 Å². The average molecular weight is 173 g/mol. The summed E-state index contributed by atoms with van der Waals surface area (Å²) >= 11 is 0. The van der Waals surface area contributed by atoms with Crippen molar-refractivity contribution in [3.63, 3.8) is 0 Å². The van der Waals surface area contributed by atoms with Gasteiger partial charge in [-0.15, -0.1) is 0 Å². The van der Waals surface area contributed by atoms with Crippen molar-refractivity contribution in [2.45, 2.75) is 0 Å². The van der Waals surface area contributed by atoms with E-state index in [0.29, 0.717) is 5.56 Å². The maximum Gasteiger partial charge on any atom is 0.229 e. The van der Waals surface area contributed by atoms with Gasteiger partial charge in [0.1, 0.15) is 0 Å². The zero-order chi connectivity index (χ0) is 9.10. The number of hydrogen-bond donors (Lipinski definition) is 0. The first-order valence-corrected chi connectivity index (χ1v) is 3.86. The van der Waals surface area contributed by atoms with Crippen LogP contribution >= 0.6 is 0 Å². The first-order valence-electron chi connectivity index (χ1n) is 3.86. The Bertz CT molecular complexity index is 392. The van der Waals surface area contributed by atoms with Gasteiger partial charge in [0, 0.05) is 5.56 Å².